The van der Waals surface area contributed by atoms with Crippen molar-refractivity contribution in [1.82, 2.24) is 0 Å². The fourth-order valence-corrected chi connectivity index (χ4v) is 0.757. The van der Waals surface area contributed by atoms with E-state index in [-0.39, 0.29) is 6.04 Å². The third-order valence-corrected chi connectivity index (χ3v) is 1.35. The molecule has 0 aromatic rings. The molecule has 10 heavy (non-hydrogen) atoms. The van der Waals surface area contributed by atoms with Crippen LogP contribution in [0.5, 0.6) is 0 Å². The minimum Gasteiger partial charge on any atom is -0.278 e. The average Bonchev–Trinajstić information content (AvgIpc) is 2.62. The van der Waals surface area contributed by atoms with E-state index in [1.807, 2.05) is 13.8 Å². The Morgan fingerprint density at radius 3 is 2.80 bits per heavy atom. The summed E-state index contributed by atoms with van der Waals surface area (Å²) in [6.07, 6.45) is 1.77. The van der Waals surface area contributed by atoms with Gasteiger partial charge in [-0.1, -0.05) is 11.2 Å². The number of aliphatic imine (C=N–C) groups is 1. The summed E-state index contributed by atoms with van der Waals surface area (Å²) >= 11 is 0. The lowest BCUT2D eigenvalue weighted by molar-refractivity contribution is 1.14. The van der Waals surface area contributed by atoms with E-state index in [2.05, 4.69) is 15.0 Å². The van der Waals surface area contributed by atoms with Crippen LogP contribution in [0, 0.1) is 0 Å². The van der Waals surface area contributed by atoms with Gasteiger partial charge in [0.1, 0.15) is 0 Å². The Morgan fingerprint density at radius 2 is 2.50 bits per heavy atom. The van der Waals surface area contributed by atoms with E-state index in [0.717, 1.165) is 5.71 Å². The van der Waals surface area contributed by atoms with Gasteiger partial charge >= 0.3 is 0 Å². The first-order valence-electron chi connectivity index (χ1n) is 3.09. The number of allylic oxidation sites excluding steroid dienone is 1. The van der Waals surface area contributed by atoms with Gasteiger partial charge in [0, 0.05) is 4.91 Å². The molecule has 0 aromatic heterocycles. The molecule has 1 heterocycles. The van der Waals surface area contributed by atoms with Crippen molar-refractivity contribution in [2.75, 3.05) is 0 Å². The molecule has 0 N–H and O–H groups in total. The first kappa shape index (κ1) is 6.83. The Labute approximate surface area is 58.9 Å². The third-order valence-electron chi connectivity index (χ3n) is 1.35. The highest BCUT2D eigenvalue weighted by Crippen LogP contribution is 2.19. The molecule has 0 amide bonds. The highest BCUT2D eigenvalue weighted by Gasteiger charge is 2.24. The molecule has 0 saturated heterocycles. The zero-order chi connectivity index (χ0) is 7.56. The van der Waals surface area contributed by atoms with Gasteiger partial charge in [-0.3, -0.25) is 4.99 Å². The summed E-state index contributed by atoms with van der Waals surface area (Å²) in [7, 11) is 0. The molecule has 0 bridgehead atoms. The lowest BCUT2D eigenvalue weighted by Gasteiger charge is -1.85. The SMILES string of the molecule is C/C=C(\N=[N+]=[N-])C1=NC1C. The Bertz CT molecular complexity index is 244. The maximum Gasteiger partial charge on any atom is 0.0896 e. The van der Waals surface area contributed by atoms with Crippen molar-refractivity contribution in [3.8, 4) is 0 Å². The lowest BCUT2D eigenvalue weighted by atomic mass is 10.2. The summed E-state index contributed by atoms with van der Waals surface area (Å²) in [5.74, 6) is 0. The van der Waals surface area contributed by atoms with Crippen LogP contribution in [0.15, 0.2) is 21.9 Å². The van der Waals surface area contributed by atoms with Gasteiger partial charge < -0.3 is 0 Å². The van der Waals surface area contributed by atoms with Crippen LogP contribution in [0.1, 0.15) is 13.8 Å². The van der Waals surface area contributed by atoms with Crippen LogP contribution in [0.25, 0.3) is 10.4 Å². The summed E-state index contributed by atoms with van der Waals surface area (Å²) in [6, 6.07) is 0.261. The molecule has 0 spiro atoms. The topological polar surface area (TPSA) is 61.1 Å². The number of azide groups is 1. The molecule has 0 aliphatic carbocycles. The van der Waals surface area contributed by atoms with Crippen molar-refractivity contribution in [2.45, 2.75) is 19.9 Å². The van der Waals surface area contributed by atoms with Gasteiger partial charge in [0.15, 0.2) is 0 Å². The highest BCUT2D eigenvalue weighted by atomic mass is 15.2. The van der Waals surface area contributed by atoms with Crippen LogP contribution >= 0.6 is 0 Å². The van der Waals surface area contributed by atoms with E-state index in [9.17, 15) is 0 Å². The molecule has 1 unspecified atom stereocenters. The van der Waals surface area contributed by atoms with Crippen molar-refractivity contribution >= 4 is 5.71 Å². The summed E-state index contributed by atoms with van der Waals surface area (Å²) in [6.45, 7) is 3.79. The summed E-state index contributed by atoms with van der Waals surface area (Å²) in [5, 5.41) is 3.47. The molecule has 0 fully saturated rings. The second kappa shape index (κ2) is 2.54. The third kappa shape index (κ3) is 1.17. The molecule has 0 radical (unpaired) electrons. The maximum atomic E-state index is 8.09. The monoisotopic (exact) mass is 136 g/mol. The fourth-order valence-electron chi connectivity index (χ4n) is 0.757. The zero-order valence-corrected chi connectivity index (χ0v) is 5.94. The van der Waals surface area contributed by atoms with Crippen LogP contribution in [0.2, 0.25) is 0 Å². The van der Waals surface area contributed by atoms with Crippen LogP contribution in [-0.4, -0.2) is 11.8 Å². The van der Waals surface area contributed by atoms with Gasteiger partial charge in [0.05, 0.1) is 17.5 Å². The predicted molar refractivity (Wildman–Crippen MR) is 39.8 cm³/mol. The van der Waals surface area contributed by atoms with Crippen LogP contribution in [0.3, 0.4) is 0 Å². The quantitative estimate of drug-likeness (QED) is 0.317. The molecule has 1 rings (SSSR count). The minimum absolute atomic E-state index is 0.261. The van der Waals surface area contributed by atoms with E-state index < -0.39 is 0 Å². The van der Waals surface area contributed by atoms with Crippen molar-refractivity contribution in [2.24, 2.45) is 10.1 Å². The molecule has 1 atom stereocenters. The molecule has 0 aromatic carbocycles. The minimum atomic E-state index is 0.261. The Balaban J connectivity index is 2.69. The van der Waals surface area contributed by atoms with Crippen molar-refractivity contribution in [3.63, 3.8) is 0 Å². The van der Waals surface area contributed by atoms with Crippen molar-refractivity contribution < 1.29 is 0 Å². The summed E-state index contributed by atoms with van der Waals surface area (Å²) in [5.41, 5.74) is 9.67. The first-order valence-corrected chi connectivity index (χ1v) is 3.09. The summed E-state index contributed by atoms with van der Waals surface area (Å²) in [4.78, 5) is 6.71. The van der Waals surface area contributed by atoms with Crippen LogP contribution in [-0.2, 0) is 0 Å². The zero-order valence-electron chi connectivity index (χ0n) is 5.94. The van der Waals surface area contributed by atoms with E-state index in [1.165, 1.54) is 0 Å². The number of nitrogens with zero attached hydrogens (tertiary/aromatic N) is 4. The molecule has 1 aliphatic heterocycles. The lowest BCUT2D eigenvalue weighted by Crippen LogP contribution is -1.92. The Morgan fingerprint density at radius 1 is 1.90 bits per heavy atom. The molecule has 1 aliphatic rings. The first-order chi connectivity index (χ1) is 4.79. The average molecular weight is 136 g/mol. The van der Waals surface area contributed by atoms with E-state index in [0.29, 0.717) is 5.70 Å². The highest BCUT2D eigenvalue weighted by molar-refractivity contribution is 6.12. The van der Waals surface area contributed by atoms with Gasteiger partial charge in [-0.15, -0.1) is 0 Å². The van der Waals surface area contributed by atoms with E-state index >= 15 is 0 Å². The van der Waals surface area contributed by atoms with Crippen LogP contribution < -0.4 is 0 Å². The van der Waals surface area contributed by atoms with Gasteiger partial charge in [0.25, 0.3) is 0 Å². The van der Waals surface area contributed by atoms with Gasteiger partial charge in [-0.25, -0.2) is 0 Å². The second-order valence-corrected chi connectivity index (χ2v) is 2.05. The van der Waals surface area contributed by atoms with Crippen molar-refractivity contribution in [1.29, 1.82) is 0 Å². The fraction of sp³-hybridized carbons (Fsp3) is 0.500. The van der Waals surface area contributed by atoms with Gasteiger partial charge in [-0.2, -0.15) is 0 Å². The normalized spacial score (nSPS) is 23.2. The second-order valence-electron chi connectivity index (χ2n) is 2.05. The molecular formula is C6H8N4. The molecule has 0 saturated carbocycles. The number of hydrogen-bond donors (Lipinski definition) is 0. The molecular weight excluding hydrogens is 128 g/mol. The van der Waals surface area contributed by atoms with E-state index in [4.69, 9.17) is 5.53 Å². The molecule has 4 nitrogen and oxygen atoms in total. The van der Waals surface area contributed by atoms with Crippen LogP contribution in [0.4, 0.5) is 0 Å². The molecule has 52 valence electrons. The predicted octanol–water partition coefficient (Wildman–Crippen LogP) is 2.04. The van der Waals surface area contributed by atoms with E-state index in [1.54, 1.807) is 6.08 Å². The maximum absolute atomic E-state index is 8.09. The number of rotatable bonds is 2. The van der Waals surface area contributed by atoms with Gasteiger partial charge in [-0.05, 0) is 19.4 Å². The Hall–Kier alpha value is -1.28. The largest absolute Gasteiger partial charge is 0.278 e. The Kier molecular flexibility index (Phi) is 1.73. The van der Waals surface area contributed by atoms with Crippen molar-refractivity contribution in [3.05, 3.63) is 22.2 Å². The smallest absolute Gasteiger partial charge is 0.0896 e. The number of hydrogen-bond acceptors (Lipinski definition) is 2. The molecule has 4 heteroatoms. The van der Waals surface area contributed by atoms with Gasteiger partial charge in [0.2, 0.25) is 0 Å². The standard InChI is InChI=1S/C6H8N4/c1-3-5(9-10-7)6-4(2)8-6/h3-4H,1-2H3/b5-3-. The summed E-state index contributed by atoms with van der Waals surface area (Å²) < 4.78 is 0.